The van der Waals surface area contributed by atoms with Gasteiger partial charge in [0.25, 0.3) is 0 Å². The van der Waals surface area contributed by atoms with Gasteiger partial charge in [-0.25, -0.2) is 0 Å². The van der Waals surface area contributed by atoms with E-state index in [4.69, 9.17) is 0 Å². The number of thiophene rings is 1. The summed E-state index contributed by atoms with van der Waals surface area (Å²) in [7, 11) is 0. The summed E-state index contributed by atoms with van der Waals surface area (Å²) in [5.41, 5.74) is 0. The van der Waals surface area contributed by atoms with E-state index in [9.17, 15) is 0 Å². The molecule has 0 amide bonds. The number of benzene rings is 1. The summed E-state index contributed by atoms with van der Waals surface area (Å²) in [5.74, 6) is 0. The van der Waals surface area contributed by atoms with Gasteiger partial charge < -0.3 is 0 Å². The van der Waals surface area contributed by atoms with E-state index in [2.05, 4.69) is 52.3 Å². The maximum absolute atomic E-state index is 4.45. The van der Waals surface area contributed by atoms with Gasteiger partial charge in [0.05, 0.1) is 0 Å². The zero-order valence-corrected chi connectivity index (χ0v) is 11.0. The minimum absolute atomic E-state index is 1.05. The predicted octanol–water partition coefficient (Wildman–Crippen LogP) is 4.67. The van der Waals surface area contributed by atoms with Crippen molar-refractivity contribution in [1.82, 2.24) is 0 Å². The molecule has 0 aliphatic heterocycles. The van der Waals surface area contributed by atoms with Crippen LogP contribution in [0.5, 0.6) is 0 Å². The lowest BCUT2D eigenvalue weighted by Gasteiger charge is -2.04. The first kappa shape index (κ1) is 9.90. The summed E-state index contributed by atoms with van der Waals surface area (Å²) in [4.78, 5) is 2.31. The highest BCUT2D eigenvalue weighted by Gasteiger charge is 2.08. The average molecular weight is 291 g/mol. The Morgan fingerprint density at radius 2 is 2.31 bits per heavy atom. The van der Waals surface area contributed by atoms with Gasteiger partial charge in [0.2, 0.25) is 0 Å². The molecule has 0 aliphatic rings. The number of rotatable bonds is 1. The number of halogens is 1. The van der Waals surface area contributed by atoms with E-state index in [-0.39, 0.29) is 0 Å². The topological polar surface area (TPSA) is 0 Å². The van der Waals surface area contributed by atoms with Gasteiger partial charge in [0, 0.05) is 24.3 Å². The van der Waals surface area contributed by atoms with E-state index in [0.717, 1.165) is 9.37 Å². The average Bonchev–Trinajstić information content (AvgIpc) is 2.53. The van der Waals surface area contributed by atoms with Crippen molar-refractivity contribution in [2.75, 3.05) is 6.26 Å². The lowest BCUT2D eigenvalue weighted by molar-refractivity contribution is 1.31. The van der Waals surface area contributed by atoms with Crippen molar-refractivity contribution in [3.63, 3.8) is 0 Å². The normalized spacial score (nSPS) is 11.0. The van der Waals surface area contributed by atoms with Crippen molar-refractivity contribution in [3.8, 4) is 0 Å². The second-order valence-corrected chi connectivity index (χ2v) is 5.64. The molecule has 0 N–H and O–H groups in total. The van der Waals surface area contributed by atoms with Crippen LogP contribution in [-0.4, -0.2) is 6.26 Å². The maximum Gasteiger partial charge on any atom is 0.0496 e. The van der Waals surface area contributed by atoms with Crippen molar-refractivity contribution in [3.05, 3.63) is 22.0 Å². The molecule has 0 atom stereocenters. The molecule has 1 heterocycles. The highest BCUT2D eigenvalue weighted by atomic mass is 79.9. The molecule has 0 saturated heterocycles. The summed E-state index contributed by atoms with van der Waals surface area (Å²) in [6.07, 6.45) is 2.08. The van der Waals surface area contributed by atoms with Gasteiger partial charge in [-0.3, -0.25) is 0 Å². The van der Waals surface area contributed by atoms with Crippen LogP contribution < -0.4 is 0 Å². The summed E-state index contributed by atoms with van der Waals surface area (Å²) in [5, 5.41) is 3.42. The van der Waals surface area contributed by atoms with Gasteiger partial charge in [-0.05, 0) is 39.7 Å². The Kier molecular flexibility index (Phi) is 2.93. The van der Waals surface area contributed by atoms with Crippen LogP contribution in [0.2, 0.25) is 0 Å². The highest BCUT2D eigenvalue weighted by Crippen LogP contribution is 2.39. The molecule has 0 unspecified atom stereocenters. The van der Waals surface area contributed by atoms with Crippen LogP contribution in [0.1, 0.15) is 0 Å². The fourth-order valence-electron chi connectivity index (χ4n) is 1.28. The maximum atomic E-state index is 4.45. The Bertz CT molecular complexity index is 447. The van der Waals surface area contributed by atoms with Crippen LogP contribution in [0.25, 0.3) is 10.1 Å². The number of hydrogen-bond donors (Lipinski definition) is 1. The number of thioether (sulfide) groups is 1. The van der Waals surface area contributed by atoms with Crippen LogP contribution in [0.15, 0.2) is 31.8 Å². The van der Waals surface area contributed by atoms with E-state index in [1.807, 2.05) is 0 Å². The molecule has 0 spiro atoms. The van der Waals surface area contributed by atoms with Crippen LogP contribution in [0, 0.1) is 0 Å². The number of hydrogen-bond acceptors (Lipinski definition) is 3. The van der Waals surface area contributed by atoms with Gasteiger partial charge in [-0.15, -0.1) is 35.7 Å². The summed E-state index contributed by atoms with van der Waals surface area (Å²) in [6.45, 7) is 0. The quantitative estimate of drug-likeness (QED) is 0.588. The van der Waals surface area contributed by atoms with Crippen LogP contribution in [-0.2, 0) is 0 Å². The summed E-state index contributed by atoms with van der Waals surface area (Å²) >= 11 is 11.5. The Balaban J connectivity index is 2.88. The van der Waals surface area contributed by atoms with E-state index >= 15 is 0 Å². The van der Waals surface area contributed by atoms with Crippen molar-refractivity contribution in [2.45, 2.75) is 9.79 Å². The molecule has 0 fully saturated rings. The zero-order chi connectivity index (χ0) is 9.42. The fraction of sp³-hybridized carbons (Fsp3) is 0.111. The molecule has 13 heavy (non-hydrogen) atoms. The minimum atomic E-state index is 1.05. The highest BCUT2D eigenvalue weighted by molar-refractivity contribution is 9.10. The lowest BCUT2D eigenvalue weighted by atomic mass is 10.3. The third-order valence-electron chi connectivity index (χ3n) is 1.83. The largest absolute Gasteiger partial charge is 0.143 e. The van der Waals surface area contributed by atoms with Gasteiger partial charge >= 0.3 is 0 Å². The third-order valence-corrected chi connectivity index (χ3v) is 5.01. The van der Waals surface area contributed by atoms with Crippen molar-refractivity contribution in [2.24, 2.45) is 0 Å². The molecule has 0 nitrogen and oxygen atoms in total. The smallest absolute Gasteiger partial charge is 0.0496 e. The van der Waals surface area contributed by atoms with Gasteiger partial charge in [-0.2, -0.15) is 0 Å². The molecule has 0 aliphatic carbocycles. The third kappa shape index (κ3) is 1.65. The van der Waals surface area contributed by atoms with Crippen LogP contribution in [0.4, 0.5) is 0 Å². The van der Waals surface area contributed by atoms with Gasteiger partial charge in [0.1, 0.15) is 0 Å². The van der Waals surface area contributed by atoms with Gasteiger partial charge in [0.15, 0.2) is 0 Å². The molecular formula is C9H7BrS3. The first-order chi connectivity index (χ1) is 6.24. The fourth-order valence-corrected chi connectivity index (χ4v) is 4.23. The molecule has 2 aromatic rings. The molecule has 2 rings (SSSR count). The number of fused-ring (bicyclic) bond motifs is 1. The summed E-state index contributed by atoms with van der Waals surface area (Å²) in [6, 6.07) is 4.21. The molecule has 0 radical (unpaired) electrons. The number of thiol groups is 1. The first-order valence-corrected chi connectivity index (χ1v) is 7.01. The van der Waals surface area contributed by atoms with Crippen LogP contribution in [0.3, 0.4) is 0 Å². The van der Waals surface area contributed by atoms with Crippen molar-refractivity contribution in [1.29, 1.82) is 0 Å². The molecule has 1 aromatic heterocycles. The Morgan fingerprint density at radius 3 is 3.00 bits per heavy atom. The van der Waals surface area contributed by atoms with Crippen molar-refractivity contribution >= 4 is 61.7 Å². The standard InChI is InChI=1S/C9H7BrS3/c1-12-9-5-2-3-13-8(5)6(10)4-7(9)11/h2-4,11H,1H3. The summed E-state index contributed by atoms with van der Waals surface area (Å²) < 4.78 is 2.45. The second-order valence-electron chi connectivity index (χ2n) is 2.57. The van der Waals surface area contributed by atoms with Crippen molar-refractivity contribution < 1.29 is 0 Å². The molecule has 1 aromatic carbocycles. The second kappa shape index (κ2) is 3.85. The van der Waals surface area contributed by atoms with E-state index in [0.29, 0.717) is 0 Å². The molecule has 0 saturated carbocycles. The molecule has 4 heteroatoms. The minimum Gasteiger partial charge on any atom is -0.143 e. The van der Waals surface area contributed by atoms with E-state index in [1.165, 1.54) is 15.0 Å². The first-order valence-electron chi connectivity index (χ1n) is 3.66. The lowest BCUT2D eigenvalue weighted by Crippen LogP contribution is -1.76. The monoisotopic (exact) mass is 290 g/mol. The molecule has 0 bridgehead atoms. The Labute approximate surface area is 99.3 Å². The Hall–Kier alpha value is 0.360. The SMILES string of the molecule is CSc1c(S)cc(Br)c2sccc12. The predicted molar refractivity (Wildman–Crippen MR) is 68.6 cm³/mol. The Morgan fingerprint density at radius 1 is 1.54 bits per heavy atom. The van der Waals surface area contributed by atoms with E-state index in [1.54, 1.807) is 23.1 Å². The van der Waals surface area contributed by atoms with E-state index < -0.39 is 0 Å². The van der Waals surface area contributed by atoms with Gasteiger partial charge in [-0.1, -0.05) is 0 Å². The molecular weight excluding hydrogens is 284 g/mol. The molecule has 68 valence electrons. The zero-order valence-electron chi connectivity index (χ0n) is 6.87. The van der Waals surface area contributed by atoms with Crippen LogP contribution >= 0.6 is 51.7 Å².